The van der Waals surface area contributed by atoms with Crippen LogP contribution in [0.15, 0.2) is 18.2 Å². The molecule has 0 aliphatic heterocycles. The number of benzene rings is 1. The molecular weight excluding hydrogens is 300 g/mol. The molecule has 0 saturated heterocycles. The number of aliphatic hydroxyl groups is 2. The molecule has 1 aromatic carbocycles. The standard InChI is InChI=1S/C11H8F4N2O2S/c12-6-3-1-2-5(7(6)13)11(19,4-18)10-17-16-9(20-10)8(14)15/h1-3,8,18-19H,4H2. The van der Waals surface area contributed by atoms with E-state index in [1.165, 1.54) is 0 Å². The van der Waals surface area contributed by atoms with E-state index < -0.39 is 45.8 Å². The number of hydrogen-bond donors (Lipinski definition) is 2. The van der Waals surface area contributed by atoms with Crippen molar-refractivity contribution in [3.8, 4) is 0 Å². The second-order valence-corrected chi connectivity index (χ2v) is 4.88. The van der Waals surface area contributed by atoms with Crippen LogP contribution < -0.4 is 0 Å². The maximum atomic E-state index is 13.7. The zero-order chi connectivity index (χ0) is 14.9. The fourth-order valence-electron chi connectivity index (χ4n) is 1.58. The van der Waals surface area contributed by atoms with Crippen molar-refractivity contribution in [1.29, 1.82) is 0 Å². The van der Waals surface area contributed by atoms with E-state index in [0.29, 0.717) is 11.3 Å². The van der Waals surface area contributed by atoms with Gasteiger partial charge in [0.1, 0.15) is 0 Å². The molecule has 1 aromatic heterocycles. The van der Waals surface area contributed by atoms with Crippen LogP contribution in [-0.2, 0) is 5.60 Å². The van der Waals surface area contributed by atoms with Gasteiger partial charge < -0.3 is 10.2 Å². The molecule has 4 nitrogen and oxygen atoms in total. The molecule has 2 rings (SSSR count). The van der Waals surface area contributed by atoms with Crippen LogP contribution in [0.4, 0.5) is 17.6 Å². The maximum absolute atomic E-state index is 13.7. The predicted molar refractivity (Wildman–Crippen MR) is 61.3 cm³/mol. The van der Waals surface area contributed by atoms with Crippen molar-refractivity contribution < 1.29 is 27.8 Å². The Kier molecular flexibility index (Phi) is 4.02. The molecule has 1 heterocycles. The molecule has 0 fully saturated rings. The van der Waals surface area contributed by atoms with E-state index in [0.717, 1.165) is 18.2 Å². The summed E-state index contributed by atoms with van der Waals surface area (Å²) in [6.07, 6.45) is -2.92. The highest BCUT2D eigenvalue weighted by Gasteiger charge is 2.39. The average Bonchev–Trinajstić information content (AvgIpc) is 2.91. The molecule has 108 valence electrons. The normalized spacial score (nSPS) is 14.6. The molecule has 1 unspecified atom stereocenters. The lowest BCUT2D eigenvalue weighted by Crippen LogP contribution is -2.33. The smallest absolute Gasteiger partial charge is 0.291 e. The number of rotatable bonds is 4. The zero-order valence-corrected chi connectivity index (χ0v) is 10.5. The van der Waals surface area contributed by atoms with Crippen LogP contribution in [0.3, 0.4) is 0 Å². The van der Waals surface area contributed by atoms with Gasteiger partial charge >= 0.3 is 0 Å². The van der Waals surface area contributed by atoms with E-state index >= 15 is 0 Å². The number of aliphatic hydroxyl groups excluding tert-OH is 1. The molecule has 0 aliphatic carbocycles. The summed E-state index contributed by atoms with van der Waals surface area (Å²) in [5.41, 5.74) is -3.03. The molecule has 9 heteroatoms. The third kappa shape index (κ3) is 2.39. The summed E-state index contributed by atoms with van der Waals surface area (Å²) >= 11 is 0.311. The minimum Gasteiger partial charge on any atom is -0.393 e. The molecule has 2 aromatic rings. The summed E-state index contributed by atoms with van der Waals surface area (Å²) in [6, 6.07) is 2.96. The molecule has 2 N–H and O–H groups in total. The van der Waals surface area contributed by atoms with Gasteiger partial charge in [-0.05, 0) is 6.07 Å². The second-order valence-electron chi connectivity index (χ2n) is 3.87. The largest absolute Gasteiger partial charge is 0.393 e. The van der Waals surface area contributed by atoms with E-state index in [1.54, 1.807) is 0 Å². The van der Waals surface area contributed by atoms with E-state index in [9.17, 15) is 27.8 Å². The van der Waals surface area contributed by atoms with E-state index in [-0.39, 0.29) is 0 Å². The molecule has 0 bridgehead atoms. The summed E-state index contributed by atoms with van der Waals surface area (Å²) in [6.45, 7) is -1.06. The van der Waals surface area contributed by atoms with E-state index in [4.69, 9.17) is 0 Å². The minimum atomic E-state index is -2.92. The summed E-state index contributed by atoms with van der Waals surface area (Å²) < 4.78 is 51.8. The quantitative estimate of drug-likeness (QED) is 0.848. The van der Waals surface area contributed by atoms with Crippen molar-refractivity contribution in [1.82, 2.24) is 10.2 Å². The van der Waals surface area contributed by atoms with Crippen molar-refractivity contribution in [3.63, 3.8) is 0 Å². The second kappa shape index (κ2) is 5.43. The molecule has 0 spiro atoms. The molecule has 0 amide bonds. The first-order chi connectivity index (χ1) is 9.40. The fourth-order valence-corrected chi connectivity index (χ4v) is 2.37. The van der Waals surface area contributed by atoms with Gasteiger partial charge in [-0.25, -0.2) is 17.6 Å². The fraction of sp³-hybridized carbons (Fsp3) is 0.273. The number of alkyl halides is 2. The van der Waals surface area contributed by atoms with Crippen molar-refractivity contribution in [2.24, 2.45) is 0 Å². The van der Waals surface area contributed by atoms with Gasteiger partial charge in [0, 0.05) is 5.56 Å². The van der Waals surface area contributed by atoms with Crippen molar-refractivity contribution in [2.75, 3.05) is 6.61 Å². The van der Waals surface area contributed by atoms with Gasteiger partial charge in [0.25, 0.3) is 6.43 Å². The first-order valence-corrected chi connectivity index (χ1v) is 6.11. The molecule has 0 saturated carbocycles. The van der Waals surface area contributed by atoms with Crippen LogP contribution in [-0.4, -0.2) is 27.0 Å². The highest BCUT2D eigenvalue weighted by atomic mass is 32.1. The Morgan fingerprint density at radius 1 is 1.25 bits per heavy atom. The van der Waals surface area contributed by atoms with Gasteiger partial charge in [-0.2, -0.15) is 0 Å². The van der Waals surface area contributed by atoms with Crippen LogP contribution in [0.5, 0.6) is 0 Å². The van der Waals surface area contributed by atoms with Gasteiger partial charge in [-0.15, -0.1) is 10.2 Å². The van der Waals surface area contributed by atoms with Crippen LogP contribution in [0.1, 0.15) is 22.0 Å². The SMILES string of the molecule is OCC(O)(c1nnc(C(F)F)s1)c1cccc(F)c1F. The Labute approximate surface area is 114 Å². The third-order valence-electron chi connectivity index (χ3n) is 2.61. The van der Waals surface area contributed by atoms with Crippen LogP contribution in [0.25, 0.3) is 0 Å². The number of halogens is 4. The Hall–Kier alpha value is -1.58. The monoisotopic (exact) mass is 308 g/mol. The van der Waals surface area contributed by atoms with Gasteiger partial charge in [-0.1, -0.05) is 23.5 Å². The van der Waals surface area contributed by atoms with E-state index in [2.05, 4.69) is 10.2 Å². The highest BCUT2D eigenvalue weighted by Crippen LogP contribution is 2.35. The van der Waals surface area contributed by atoms with Gasteiger partial charge in [0.2, 0.25) is 0 Å². The summed E-state index contributed by atoms with van der Waals surface area (Å²) in [5.74, 6) is -2.63. The first kappa shape index (κ1) is 14.8. The summed E-state index contributed by atoms with van der Waals surface area (Å²) in [4.78, 5) is 0. The van der Waals surface area contributed by atoms with Gasteiger partial charge in [0.15, 0.2) is 27.3 Å². The van der Waals surface area contributed by atoms with Crippen LogP contribution in [0.2, 0.25) is 0 Å². The first-order valence-electron chi connectivity index (χ1n) is 5.30. The van der Waals surface area contributed by atoms with Gasteiger partial charge in [-0.3, -0.25) is 0 Å². The van der Waals surface area contributed by atoms with Crippen molar-refractivity contribution >= 4 is 11.3 Å². The summed E-state index contributed by atoms with van der Waals surface area (Å²) in [5, 5.41) is 24.9. The topological polar surface area (TPSA) is 66.2 Å². The van der Waals surface area contributed by atoms with Crippen LogP contribution >= 0.6 is 11.3 Å². The Balaban J connectivity index is 2.55. The van der Waals surface area contributed by atoms with Crippen molar-refractivity contribution in [2.45, 2.75) is 12.0 Å². The lowest BCUT2D eigenvalue weighted by atomic mass is 9.95. The highest BCUT2D eigenvalue weighted by molar-refractivity contribution is 7.11. The number of nitrogens with zero attached hydrogens (tertiary/aromatic N) is 2. The molecular formula is C11H8F4N2O2S. The van der Waals surface area contributed by atoms with Crippen LogP contribution in [0, 0.1) is 11.6 Å². The summed E-state index contributed by atoms with van der Waals surface area (Å²) in [7, 11) is 0. The Morgan fingerprint density at radius 2 is 1.95 bits per heavy atom. The predicted octanol–water partition coefficient (Wildman–Crippen LogP) is 1.98. The average molecular weight is 308 g/mol. The molecule has 0 radical (unpaired) electrons. The molecule has 20 heavy (non-hydrogen) atoms. The lowest BCUT2D eigenvalue weighted by molar-refractivity contribution is 0.0132. The van der Waals surface area contributed by atoms with E-state index in [1.807, 2.05) is 0 Å². The molecule has 1 atom stereocenters. The Bertz CT molecular complexity index is 622. The maximum Gasteiger partial charge on any atom is 0.291 e. The number of hydrogen-bond acceptors (Lipinski definition) is 5. The Morgan fingerprint density at radius 3 is 2.50 bits per heavy atom. The molecule has 0 aliphatic rings. The third-order valence-corrected chi connectivity index (χ3v) is 3.69. The number of aromatic nitrogens is 2. The van der Waals surface area contributed by atoms with Gasteiger partial charge in [0.05, 0.1) is 6.61 Å². The zero-order valence-electron chi connectivity index (χ0n) is 9.73. The minimum absolute atomic E-state index is 0.311. The lowest BCUT2D eigenvalue weighted by Gasteiger charge is -2.23. The van der Waals surface area contributed by atoms with Crippen molar-refractivity contribution in [3.05, 3.63) is 45.4 Å².